The fraction of sp³-hybridized carbons (Fsp3) is 0.538. The van der Waals surface area contributed by atoms with Gasteiger partial charge in [-0.3, -0.25) is 15.0 Å². The first-order valence-electron chi connectivity index (χ1n) is 12.2. The van der Waals surface area contributed by atoms with Crippen molar-refractivity contribution in [2.24, 2.45) is 0 Å². The maximum Gasteiger partial charge on any atom is 0.269 e. The Morgan fingerprint density at radius 2 is 1.81 bits per heavy atom. The van der Waals surface area contributed by atoms with Crippen molar-refractivity contribution in [2.45, 2.75) is 50.5 Å². The Labute approximate surface area is 190 Å². The number of hydrogen-bond donors (Lipinski definition) is 0. The Morgan fingerprint density at radius 3 is 2.59 bits per heavy atom. The van der Waals surface area contributed by atoms with Gasteiger partial charge in [-0.25, -0.2) is 0 Å². The first-order valence-corrected chi connectivity index (χ1v) is 12.2. The molecule has 3 aliphatic heterocycles. The van der Waals surface area contributed by atoms with E-state index < -0.39 is 0 Å². The first-order chi connectivity index (χ1) is 15.7. The second-order valence-electron chi connectivity index (χ2n) is 9.42. The molecule has 2 fully saturated rings. The van der Waals surface area contributed by atoms with Crippen molar-refractivity contribution in [2.75, 3.05) is 39.3 Å². The van der Waals surface area contributed by atoms with Gasteiger partial charge in [0.25, 0.3) is 5.69 Å². The number of piperidine rings is 1. The summed E-state index contributed by atoms with van der Waals surface area (Å²) in [5.41, 5.74) is 3.95. The molecule has 0 aliphatic carbocycles. The third kappa shape index (κ3) is 4.39. The van der Waals surface area contributed by atoms with E-state index in [1.165, 1.54) is 56.3 Å². The lowest BCUT2D eigenvalue weighted by Crippen LogP contribution is -2.35. The smallest absolute Gasteiger partial charge is 0.269 e. The highest BCUT2D eigenvalue weighted by Crippen LogP contribution is 2.47. The van der Waals surface area contributed by atoms with Crippen LogP contribution in [0.15, 0.2) is 42.5 Å². The van der Waals surface area contributed by atoms with Crippen LogP contribution in [0.2, 0.25) is 0 Å². The van der Waals surface area contributed by atoms with Crippen molar-refractivity contribution >= 4 is 5.69 Å². The lowest BCUT2D eigenvalue weighted by atomic mass is 9.81. The van der Waals surface area contributed by atoms with Gasteiger partial charge in [0.05, 0.1) is 11.5 Å². The molecule has 0 bridgehead atoms. The van der Waals surface area contributed by atoms with E-state index in [-0.39, 0.29) is 16.5 Å². The number of nitro benzene ring substituents is 1. The largest absolute Gasteiger partial charge is 0.493 e. The van der Waals surface area contributed by atoms with E-state index in [1.807, 2.05) is 12.1 Å². The van der Waals surface area contributed by atoms with E-state index >= 15 is 0 Å². The van der Waals surface area contributed by atoms with Gasteiger partial charge in [-0.2, -0.15) is 0 Å². The molecular weight excluding hydrogens is 402 g/mol. The quantitative estimate of drug-likeness (QED) is 0.343. The number of nitro groups is 1. The lowest BCUT2D eigenvalue weighted by molar-refractivity contribution is -0.384. The number of nitrogens with zero attached hydrogens (tertiary/aromatic N) is 3. The Hall–Kier alpha value is -2.44. The summed E-state index contributed by atoms with van der Waals surface area (Å²) in [6.07, 6.45) is 7.47. The van der Waals surface area contributed by atoms with Gasteiger partial charge >= 0.3 is 0 Å². The minimum absolute atomic E-state index is 0.145. The highest BCUT2D eigenvalue weighted by molar-refractivity contribution is 5.51. The van der Waals surface area contributed by atoms with Gasteiger partial charge in [0.15, 0.2) is 0 Å². The van der Waals surface area contributed by atoms with E-state index in [0.717, 1.165) is 44.0 Å². The van der Waals surface area contributed by atoms with E-state index in [1.54, 1.807) is 12.1 Å². The normalized spacial score (nSPS) is 23.5. The summed E-state index contributed by atoms with van der Waals surface area (Å²) in [5.74, 6) is 1.18. The molecule has 32 heavy (non-hydrogen) atoms. The van der Waals surface area contributed by atoms with Gasteiger partial charge in [-0.05, 0) is 68.9 Å². The monoisotopic (exact) mass is 435 g/mol. The zero-order chi connectivity index (χ0) is 21.9. The number of fused-ring (bicyclic) bond motifs is 3. The van der Waals surface area contributed by atoms with Gasteiger partial charge in [0, 0.05) is 42.7 Å². The maximum atomic E-state index is 11.1. The minimum Gasteiger partial charge on any atom is -0.493 e. The molecule has 6 heteroatoms. The Bertz CT molecular complexity index is 940. The molecule has 0 spiro atoms. The zero-order valence-corrected chi connectivity index (χ0v) is 18.7. The average Bonchev–Trinajstić information content (AvgIpc) is 3.31. The Balaban J connectivity index is 1.37. The lowest BCUT2D eigenvalue weighted by Gasteiger charge is -2.38. The minimum atomic E-state index is -0.327. The van der Waals surface area contributed by atoms with Crippen LogP contribution in [0.1, 0.15) is 67.2 Å². The maximum absolute atomic E-state index is 11.1. The summed E-state index contributed by atoms with van der Waals surface area (Å²) >= 11 is 0. The molecule has 2 atom stereocenters. The summed E-state index contributed by atoms with van der Waals surface area (Å²) < 4.78 is 6.40. The predicted octanol–water partition coefficient (Wildman–Crippen LogP) is 5.13. The molecule has 0 saturated carbocycles. The molecule has 0 amide bonds. The van der Waals surface area contributed by atoms with Crippen molar-refractivity contribution < 1.29 is 9.66 Å². The van der Waals surface area contributed by atoms with Crippen molar-refractivity contribution in [1.29, 1.82) is 0 Å². The van der Waals surface area contributed by atoms with E-state index in [0.29, 0.717) is 6.04 Å². The molecule has 0 N–H and O–H groups in total. The molecule has 0 unspecified atom stereocenters. The molecule has 2 aromatic carbocycles. The van der Waals surface area contributed by atoms with Crippen LogP contribution in [-0.2, 0) is 0 Å². The van der Waals surface area contributed by atoms with E-state index in [4.69, 9.17) is 4.74 Å². The fourth-order valence-corrected chi connectivity index (χ4v) is 5.83. The molecule has 6 nitrogen and oxygen atoms in total. The highest BCUT2D eigenvalue weighted by atomic mass is 16.6. The van der Waals surface area contributed by atoms with Crippen LogP contribution in [-0.4, -0.2) is 54.1 Å². The zero-order valence-electron chi connectivity index (χ0n) is 18.7. The topological polar surface area (TPSA) is 58.9 Å². The number of hydrogen-bond acceptors (Lipinski definition) is 5. The summed E-state index contributed by atoms with van der Waals surface area (Å²) in [7, 11) is 0. The van der Waals surface area contributed by atoms with E-state index in [9.17, 15) is 10.1 Å². The molecule has 2 saturated heterocycles. The van der Waals surface area contributed by atoms with Crippen molar-refractivity contribution in [3.05, 3.63) is 69.3 Å². The van der Waals surface area contributed by atoms with Crippen LogP contribution in [0.3, 0.4) is 0 Å². The van der Waals surface area contributed by atoms with Crippen LogP contribution in [0, 0.1) is 10.1 Å². The standard InChI is InChI=1S/C26H33N3O3/c30-29(31)21-12-10-20(11-13-21)23-19-28-17-5-8-24(28)22-7-4-9-25(26(22)23)32-18-6-16-27-14-2-1-3-15-27/h4,7,9-13,23-24H,1-3,5-6,8,14-19H2/t23-,24+/m0/s1. The van der Waals surface area contributed by atoms with Crippen LogP contribution >= 0.6 is 0 Å². The average molecular weight is 436 g/mol. The molecule has 0 aromatic heterocycles. The molecule has 2 aromatic rings. The predicted molar refractivity (Wildman–Crippen MR) is 125 cm³/mol. The van der Waals surface area contributed by atoms with Gasteiger partial charge in [0.1, 0.15) is 5.75 Å². The van der Waals surface area contributed by atoms with Gasteiger partial charge in [-0.1, -0.05) is 30.7 Å². The molecule has 5 rings (SSSR count). The van der Waals surface area contributed by atoms with Gasteiger partial charge in [-0.15, -0.1) is 0 Å². The second kappa shape index (κ2) is 9.59. The van der Waals surface area contributed by atoms with Crippen LogP contribution in [0.25, 0.3) is 0 Å². The van der Waals surface area contributed by atoms with Crippen molar-refractivity contribution in [3.8, 4) is 5.75 Å². The second-order valence-corrected chi connectivity index (χ2v) is 9.42. The summed E-state index contributed by atoms with van der Waals surface area (Å²) in [6.45, 7) is 6.35. The summed E-state index contributed by atoms with van der Waals surface area (Å²) in [5, 5.41) is 11.1. The van der Waals surface area contributed by atoms with E-state index in [2.05, 4.69) is 28.0 Å². The van der Waals surface area contributed by atoms with Crippen molar-refractivity contribution in [1.82, 2.24) is 9.80 Å². The number of non-ortho nitro benzene ring substituents is 1. The molecule has 3 heterocycles. The molecule has 3 aliphatic rings. The number of likely N-dealkylation sites (tertiary alicyclic amines) is 1. The van der Waals surface area contributed by atoms with Gasteiger partial charge < -0.3 is 9.64 Å². The molecule has 0 radical (unpaired) electrons. The van der Waals surface area contributed by atoms with Crippen LogP contribution in [0.4, 0.5) is 5.69 Å². The first kappa shape index (κ1) is 21.4. The van der Waals surface area contributed by atoms with Crippen LogP contribution in [0.5, 0.6) is 5.75 Å². The third-order valence-corrected chi connectivity index (χ3v) is 7.42. The Morgan fingerprint density at radius 1 is 1.00 bits per heavy atom. The van der Waals surface area contributed by atoms with Crippen molar-refractivity contribution in [3.63, 3.8) is 0 Å². The fourth-order valence-electron chi connectivity index (χ4n) is 5.83. The van der Waals surface area contributed by atoms with Crippen LogP contribution < -0.4 is 4.74 Å². The number of ether oxygens (including phenoxy) is 1. The molecular formula is C26H33N3O3. The highest BCUT2D eigenvalue weighted by Gasteiger charge is 2.38. The molecule has 170 valence electrons. The summed E-state index contributed by atoms with van der Waals surface area (Å²) in [6, 6.07) is 14.1. The summed E-state index contributed by atoms with van der Waals surface area (Å²) in [4.78, 5) is 15.9. The SMILES string of the molecule is O=[N+]([O-])c1ccc([C@@H]2CN3CCC[C@@H]3c3cccc(OCCCN4CCCCC4)c32)cc1. The third-order valence-electron chi connectivity index (χ3n) is 7.42. The number of rotatable bonds is 7. The van der Waals surface area contributed by atoms with Gasteiger partial charge in [0.2, 0.25) is 0 Å². The number of benzene rings is 2. The Kier molecular flexibility index (Phi) is 6.42.